The lowest BCUT2D eigenvalue weighted by atomic mass is 10.0. The summed E-state index contributed by atoms with van der Waals surface area (Å²) in [5.41, 5.74) is 2.27. The average molecular weight is 452 g/mol. The number of piperazine rings is 1. The zero-order chi connectivity index (χ0) is 22.1. The lowest BCUT2D eigenvalue weighted by Gasteiger charge is -2.39. The van der Waals surface area contributed by atoms with E-state index >= 15 is 0 Å². The molecule has 1 aliphatic heterocycles. The summed E-state index contributed by atoms with van der Waals surface area (Å²) in [7, 11) is 0. The van der Waals surface area contributed by atoms with Crippen LogP contribution in [0, 0.1) is 5.82 Å². The molecule has 5 rings (SSSR count). The Morgan fingerprint density at radius 1 is 1.03 bits per heavy atom. The van der Waals surface area contributed by atoms with E-state index in [9.17, 15) is 9.50 Å². The van der Waals surface area contributed by atoms with Gasteiger partial charge in [0.2, 0.25) is 10.8 Å². The van der Waals surface area contributed by atoms with Crippen LogP contribution in [0.5, 0.6) is 5.88 Å². The van der Waals surface area contributed by atoms with Gasteiger partial charge in [-0.05, 0) is 23.3 Å². The third-order valence-corrected chi connectivity index (χ3v) is 7.09. The number of hydrogen-bond acceptors (Lipinski definition) is 6. The Labute approximate surface area is 190 Å². The highest BCUT2D eigenvalue weighted by Gasteiger charge is 2.31. The number of halogens is 1. The minimum Gasteiger partial charge on any atom is -0.492 e. The van der Waals surface area contributed by atoms with Gasteiger partial charge >= 0.3 is 0 Å². The minimum absolute atomic E-state index is 0.123. The normalized spacial score (nSPS) is 16.6. The van der Waals surface area contributed by atoms with Crippen LogP contribution >= 0.6 is 11.3 Å². The van der Waals surface area contributed by atoms with Crippen LogP contribution in [0.2, 0.25) is 0 Å². The van der Waals surface area contributed by atoms with E-state index < -0.39 is 0 Å². The minimum atomic E-state index is -0.264. The fraction of sp³-hybridized carbons (Fsp3) is 0.333. The summed E-state index contributed by atoms with van der Waals surface area (Å²) in [6, 6.07) is 16.9. The summed E-state index contributed by atoms with van der Waals surface area (Å²) in [5, 5.41) is 15.4. The van der Waals surface area contributed by atoms with E-state index in [1.807, 2.05) is 25.1 Å². The molecule has 0 amide bonds. The van der Waals surface area contributed by atoms with E-state index in [1.54, 1.807) is 0 Å². The van der Waals surface area contributed by atoms with Crippen molar-refractivity contribution in [3.05, 3.63) is 82.2 Å². The number of thiazole rings is 1. The van der Waals surface area contributed by atoms with E-state index in [4.69, 9.17) is 0 Å². The van der Waals surface area contributed by atoms with Crippen LogP contribution in [0.15, 0.2) is 54.6 Å². The van der Waals surface area contributed by atoms with Crippen molar-refractivity contribution in [3.63, 3.8) is 0 Å². The summed E-state index contributed by atoms with van der Waals surface area (Å²) in [6.07, 6.45) is 0.716. The summed E-state index contributed by atoms with van der Waals surface area (Å²) in [5.74, 6) is 0.573. The van der Waals surface area contributed by atoms with E-state index in [1.165, 1.54) is 33.5 Å². The summed E-state index contributed by atoms with van der Waals surface area (Å²) >= 11 is 1.45. The Kier molecular flexibility index (Phi) is 5.91. The predicted molar refractivity (Wildman–Crippen MR) is 123 cm³/mol. The van der Waals surface area contributed by atoms with Crippen molar-refractivity contribution in [1.82, 2.24) is 24.4 Å². The van der Waals surface area contributed by atoms with Gasteiger partial charge in [0.25, 0.3) is 0 Å². The highest BCUT2D eigenvalue weighted by atomic mass is 32.1. The molecule has 1 atom stereocenters. The number of nitrogens with zero attached hydrogens (tertiary/aromatic N) is 5. The first-order valence-corrected chi connectivity index (χ1v) is 11.8. The number of benzene rings is 2. The molecule has 1 saturated heterocycles. The SMILES string of the molecule is CCc1nc2sc([C@@H](c3ccc(F)cc3)N3CCN(Cc4ccccc4)CC3)c(O)n2n1. The van der Waals surface area contributed by atoms with Gasteiger partial charge in [-0.1, -0.05) is 60.7 Å². The molecule has 32 heavy (non-hydrogen) atoms. The smallest absolute Gasteiger partial charge is 0.230 e. The van der Waals surface area contributed by atoms with Gasteiger partial charge in [-0.25, -0.2) is 9.37 Å². The van der Waals surface area contributed by atoms with Crippen LogP contribution in [-0.4, -0.2) is 55.7 Å². The zero-order valence-electron chi connectivity index (χ0n) is 18.0. The molecule has 6 nitrogen and oxygen atoms in total. The molecule has 3 heterocycles. The van der Waals surface area contributed by atoms with Crippen LogP contribution in [0.4, 0.5) is 4.39 Å². The van der Waals surface area contributed by atoms with Gasteiger partial charge in [0, 0.05) is 39.1 Å². The van der Waals surface area contributed by atoms with Crippen LogP contribution in [0.3, 0.4) is 0 Å². The fourth-order valence-corrected chi connectivity index (χ4v) is 5.45. The van der Waals surface area contributed by atoms with Crippen molar-refractivity contribution >= 4 is 16.3 Å². The fourth-order valence-electron chi connectivity index (χ4n) is 4.31. The first-order chi connectivity index (χ1) is 15.6. The molecule has 1 fully saturated rings. The Bertz CT molecular complexity index is 1180. The van der Waals surface area contributed by atoms with Gasteiger partial charge in [-0.2, -0.15) is 4.52 Å². The molecule has 166 valence electrons. The van der Waals surface area contributed by atoms with E-state index in [0.29, 0.717) is 17.2 Å². The van der Waals surface area contributed by atoms with E-state index in [-0.39, 0.29) is 17.7 Å². The lowest BCUT2D eigenvalue weighted by Crippen LogP contribution is -2.47. The van der Waals surface area contributed by atoms with Gasteiger partial charge < -0.3 is 5.11 Å². The molecule has 0 saturated carbocycles. The monoisotopic (exact) mass is 451 g/mol. The van der Waals surface area contributed by atoms with Gasteiger partial charge in [-0.15, -0.1) is 5.10 Å². The Morgan fingerprint density at radius 3 is 2.41 bits per heavy atom. The Morgan fingerprint density at radius 2 is 1.75 bits per heavy atom. The van der Waals surface area contributed by atoms with Gasteiger partial charge in [-0.3, -0.25) is 9.80 Å². The number of aromatic hydroxyl groups is 1. The molecule has 0 spiro atoms. The number of fused-ring (bicyclic) bond motifs is 1. The van der Waals surface area contributed by atoms with Crippen LogP contribution in [0.25, 0.3) is 4.96 Å². The second-order valence-electron chi connectivity index (χ2n) is 8.12. The number of aromatic nitrogens is 3. The topological polar surface area (TPSA) is 56.9 Å². The second kappa shape index (κ2) is 8.97. The standard InChI is InChI=1S/C24H26FN5OS/c1-2-20-26-24-30(27-20)23(31)22(32-24)21(18-8-10-19(25)11-9-18)29-14-12-28(13-15-29)16-17-6-4-3-5-7-17/h3-11,21,31H,2,12-16H2,1H3/t21-/m1/s1. The second-order valence-corrected chi connectivity index (χ2v) is 9.13. The Balaban J connectivity index is 1.42. The molecule has 1 aliphatic rings. The predicted octanol–water partition coefficient (Wildman–Crippen LogP) is 4.11. The number of hydrogen-bond donors (Lipinski definition) is 1. The molecule has 2 aromatic heterocycles. The molecule has 0 bridgehead atoms. The van der Waals surface area contributed by atoms with Crippen LogP contribution < -0.4 is 0 Å². The molecule has 0 unspecified atom stereocenters. The number of aryl methyl sites for hydroxylation is 1. The van der Waals surface area contributed by atoms with Crippen molar-refractivity contribution < 1.29 is 9.50 Å². The van der Waals surface area contributed by atoms with E-state index in [2.05, 4.69) is 44.1 Å². The molecule has 2 aromatic carbocycles. The third-order valence-electron chi connectivity index (χ3n) is 6.01. The van der Waals surface area contributed by atoms with Crippen LogP contribution in [-0.2, 0) is 13.0 Å². The largest absolute Gasteiger partial charge is 0.492 e. The van der Waals surface area contributed by atoms with Crippen LogP contribution in [0.1, 0.15) is 34.8 Å². The Hall–Kier alpha value is -2.81. The third kappa shape index (κ3) is 4.13. The molecular formula is C24H26FN5OS. The maximum Gasteiger partial charge on any atom is 0.230 e. The molecule has 4 aromatic rings. The molecular weight excluding hydrogens is 425 g/mol. The average Bonchev–Trinajstić information content (AvgIpc) is 3.36. The summed E-state index contributed by atoms with van der Waals surface area (Å²) in [4.78, 5) is 10.8. The van der Waals surface area contributed by atoms with Crippen molar-refractivity contribution in [2.75, 3.05) is 26.2 Å². The highest BCUT2D eigenvalue weighted by molar-refractivity contribution is 7.17. The highest BCUT2D eigenvalue weighted by Crippen LogP contribution is 2.40. The van der Waals surface area contributed by atoms with E-state index in [0.717, 1.165) is 43.2 Å². The van der Waals surface area contributed by atoms with Crippen molar-refractivity contribution in [2.24, 2.45) is 0 Å². The lowest BCUT2D eigenvalue weighted by molar-refractivity contribution is 0.105. The van der Waals surface area contributed by atoms with Crippen molar-refractivity contribution in [3.8, 4) is 5.88 Å². The maximum atomic E-state index is 13.6. The van der Waals surface area contributed by atoms with Crippen molar-refractivity contribution in [2.45, 2.75) is 25.9 Å². The molecule has 0 aliphatic carbocycles. The number of rotatable bonds is 6. The summed E-state index contributed by atoms with van der Waals surface area (Å²) in [6.45, 7) is 6.47. The molecule has 1 N–H and O–H groups in total. The first-order valence-electron chi connectivity index (χ1n) is 11.0. The zero-order valence-corrected chi connectivity index (χ0v) is 18.8. The summed E-state index contributed by atoms with van der Waals surface area (Å²) < 4.78 is 15.2. The van der Waals surface area contributed by atoms with Gasteiger partial charge in [0.05, 0.1) is 10.9 Å². The molecule has 8 heteroatoms. The van der Waals surface area contributed by atoms with Crippen molar-refractivity contribution in [1.29, 1.82) is 0 Å². The first kappa shape index (κ1) is 21.1. The quantitative estimate of drug-likeness (QED) is 0.478. The molecule has 0 radical (unpaired) electrons. The van der Waals surface area contributed by atoms with Gasteiger partial charge in [0.15, 0.2) is 5.82 Å². The van der Waals surface area contributed by atoms with Gasteiger partial charge in [0.1, 0.15) is 5.82 Å². The maximum absolute atomic E-state index is 13.6.